The van der Waals surface area contributed by atoms with Crippen LogP contribution in [-0.4, -0.2) is 30.3 Å². The maximum atomic E-state index is 11.7. The summed E-state index contributed by atoms with van der Waals surface area (Å²) in [4.78, 5) is 11.7. The van der Waals surface area contributed by atoms with Crippen LogP contribution < -0.4 is 10.6 Å². The second kappa shape index (κ2) is 6.24. The van der Waals surface area contributed by atoms with Gasteiger partial charge in [0.25, 0.3) is 0 Å². The van der Waals surface area contributed by atoms with E-state index in [0.717, 1.165) is 19.4 Å². The molecular formula is C13H26N2O2. The molecule has 1 saturated heterocycles. The molecule has 1 heterocycles. The topological polar surface area (TPSA) is 50.4 Å². The predicted octanol–water partition coefficient (Wildman–Crippen LogP) is 2.43. The highest BCUT2D eigenvalue weighted by atomic mass is 16.6. The summed E-state index contributed by atoms with van der Waals surface area (Å²) in [5, 5.41) is 6.44. The van der Waals surface area contributed by atoms with Gasteiger partial charge in [-0.05, 0) is 46.6 Å². The molecule has 2 atom stereocenters. The summed E-state index contributed by atoms with van der Waals surface area (Å²) < 4.78 is 5.28. The van der Waals surface area contributed by atoms with Crippen LogP contribution in [0.4, 0.5) is 4.79 Å². The highest BCUT2D eigenvalue weighted by Crippen LogP contribution is 2.13. The van der Waals surface area contributed by atoms with Crippen LogP contribution in [0, 0.1) is 0 Å². The molecule has 1 aliphatic heterocycles. The van der Waals surface area contributed by atoms with Crippen LogP contribution >= 0.6 is 0 Å². The zero-order chi connectivity index (χ0) is 12.9. The Morgan fingerprint density at radius 3 is 2.65 bits per heavy atom. The number of rotatable bonds is 3. The Morgan fingerprint density at radius 1 is 1.47 bits per heavy atom. The minimum atomic E-state index is -0.428. The average molecular weight is 242 g/mol. The van der Waals surface area contributed by atoms with Crippen LogP contribution in [0.2, 0.25) is 0 Å². The third-order valence-electron chi connectivity index (χ3n) is 2.98. The number of alkyl carbamates (subject to hydrolysis) is 1. The zero-order valence-corrected chi connectivity index (χ0v) is 11.5. The lowest BCUT2D eigenvalue weighted by atomic mass is 9.96. The summed E-state index contributed by atoms with van der Waals surface area (Å²) >= 11 is 0. The number of hydrogen-bond acceptors (Lipinski definition) is 3. The van der Waals surface area contributed by atoms with Gasteiger partial charge in [0.05, 0.1) is 0 Å². The quantitative estimate of drug-likeness (QED) is 0.799. The Bertz CT molecular complexity index is 242. The molecule has 100 valence electrons. The fourth-order valence-electron chi connectivity index (χ4n) is 2.17. The number of ether oxygens (including phenoxy) is 1. The van der Waals surface area contributed by atoms with Crippen molar-refractivity contribution >= 4 is 6.09 Å². The largest absolute Gasteiger partial charge is 0.444 e. The molecule has 4 heteroatoms. The minimum Gasteiger partial charge on any atom is -0.444 e. The van der Waals surface area contributed by atoms with Crippen molar-refractivity contribution in [3.8, 4) is 0 Å². The van der Waals surface area contributed by atoms with Gasteiger partial charge in [0.2, 0.25) is 0 Å². The van der Waals surface area contributed by atoms with Gasteiger partial charge in [-0.1, -0.05) is 13.3 Å². The van der Waals surface area contributed by atoms with Gasteiger partial charge in [-0.15, -0.1) is 0 Å². The molecule has 0 aromatic rings. The number of piperidine rings is 1. The van der Waals surface area contributed by atoms with Crippen molar-refractivity contribution in [3.63, 3.8) is 0 Å². The summed E-state index contributed by atoms with van der Waals surface area (Å²) in [5.74, 6) is 0. The van der Waals surface area contributed by atoms with Crippen molar-refractivity contribution in [2.45, 2.75) is 71.1 Å². The first kappa shape index (κ1) is 14.3. The van der Waals surface area contributed by atoms with E-state index < -0.39 is 5.60 Å². The molecule has 0 aromatic heterocycles. The van der Waals surface area contributed by atoms with Crippen molar-refractivity contribution in [3.05, 3.63) is 0 Å². The van der Waals surface area contributed by atoms with E-state index in [9.17, 15) is 4.79 Å². The maximum absolute atomic E-state index is 11.7. The summed E-state index contributed by atoms with van der Waals surface area (Å²) in [6.45, 7) is 8.79. The van der Waals surface area contributed by atoms with Crippen LogP contribution in [0.5, 0.6) is 0 Å². The first-order chi connectivity index (χ1) is 7.92. The maximum Gasteiger partial charge on any atom is 0.407 e. The van der Waals surface area contributed by atoms with Crippen molar-refractivity contribution < 1.29 is 9.53 Å². The summed E-state index contributed by atoms with van der Waals surface area (Å²) in [6.07, 6.45) is 4.23. The number of hydrogen-bond donors (Lipinski definition) is 2. The molecule has 0 saturated carbocycles. The molecule has 1 rings (SSSR count). The fraction of sp³-hybridized carbons (Fsp3) is 0.923. The molecule has 2 N–H and O–H groups in total. The van der Waals surface area contributed by atoms with Crippen molar-refractivity contribution in [2.75, 3.05) is 6.54 Å². The normalized spacial score (nSPS) is 22.9. The van der Waals surface area contributed by atoms with Gasteiger partial charge in [0.1, 0.15) is 5.60 Å². The van der Waals surface area contributed by atoms with Gasteiger partial charge in [-0.25, -0.2) is 4.79 Å². The molecule has 1 amide bonds. The monoisotopic (exact) mass is 242 g/mol. The van der Waals surface area contributed by atoms with E-state index in [4.69, 9.17) is 4.74 Å². The molecule has 2 unspecified atom stereocenters. The molecular weight excluding hydrogens is 216 g/mol. The van der Waals surface area contributed by atoms with Crippen LogP contribution in [0.1, 0.15) is 53.4 Å². The lowest BCUT2D eigenvalue weighted by Gasteiger charge is -2.32. The van der Waals surface area contributed by atoms with E-state index in [-0.39, 0.29) is 12.1 Å². The third-order valence-corrected chi connectivity index (χ3v) is 2.98. The second-order valence-electron chi connectivity index (χ2n) is 5.72. The van der Waals surface area contributed by atoms with E-state index in [0.29, 0.717) is 6.04 Å². The molecule has 17 heavy (non-hydrogen) atoms. The van der Waals surface area contributed by atoms with Gasteiger partial charge in [0.15, 0.2) is 0 Å². The van der Waals surface area contributed by atoms with Crippen LogP contribution in [0.3, 0.4) is 0 Å². The number of amides is 1. The van der Waals surface area contributed by atoms with E-state index in [1.807, 2.05) is 20.8 Å². The Morgan fingerprint density at radius 2 is 2.18 bits per heavy atom. The van der Waals surface area contributed by atoms with Crippen LogP contribution in [0.25, 0.3) is 0 Å². The minimum absolute atomic E-state index is 0.171. The summed E-state index contributed by atoms with van der Waals surface area (Å²) in [6, 6.07) is 0.561. The van der Waals surface area contributed by atoms with Crippen molar-refractivity contribution in [1.82, 2.24) is 10.6 Å². The van der Waals surface area contributed by atoms with Crippen molar-refractivity contribution in [1.29, 1.82) is 0 Å². The van der Waals surface area contributed by atoms with E-state index in [1.165, 1.54) is 12.8 Å². The molecule has 0 aliphatic carbocycles. The lowest BCUT2D eigenvalue weighted by Crippen LogP contribution is -2.52. The second-order valence-corrected chi connectivity index (χ2v) is 5.72. The molecule has 0 bridgehead atoms. The molecule has 0 spiro atoms. The molecule has 0 radical (unpaired) electrons. The highest BCUT2D eigenvalue weighted by molar-refractivity contribution is 5.68. The highest BCUT2D eigenvalue weighted by Gasteiger charge is 2.25. The number of nitrogens with one attached hydrogen (secondary N) is 2. The fourth-order valence-corrected chi connectivity index (χ4v) is 2.17. The Balaban J connectivity index is 2.42. The lowest BCUT2D eigenvalue weighted by molar-refractivity contribution is 0.0486. The van der Waals surface area contributed by atoms with Crippen molar-refractivity contribution in [2.24, 2.45) is 0 Å². The first-order valence-electron chi connectivity index (χ1n) is 6.65. The summed E-state index contributed by atoms with van der Waals surface area (Å²) in [5.41, 5.74) is -0.428. The van der Waals surface area contributed by atoms with Gasteiger partial charge in [0, 0.05) is 12.1 Å². The molecule has 1 fully saturated rings. The van der Waals surface area contributed by atoms with Gasteiger partial charge in [-0.2, -0.15) is 0 Å². The Labute approximate surface area is 104 Å². The Kier molecular flexibility index (Phi) is 5.25. The van der Waals surface area contributed by atoms with Gasteiger partial charge < -0.3 is 15.4 Å². The molecule has 4 nitrogen and oxygen atoms in total. The third kappa shape index (κ3) is 5.39. The smallest absolute Gasteiger partial charge is 0.407 e. The van der Waals surface area contributed by atoms with E-state index in [2.05, 4.69) is 17.6 Å². The van der Waals surface area contributed by atoms with Crippen LogP contribution in [0.15, 0.2) is 0 Å². The molecule has 0 aromatic carbocycles. The first-order valence-corrected chi connectivity index (χ1v) is 6.65. The van der Waals surface area contributed by atoms with E-state index in [1.54, 1.807) is 0 Å². The predicted molar refractivity (Wildman–Crippen MR) is 69.1 cm³/mol. The number of carbonyl (C=O) groups is 1. The summed E-state index contributed by atoms with van der Waals surface area (Å²) in [7, 11) is 0. The average Bonchev–Trinajstić information content (AvgIpc) is 2.24. The zero-order valence-electron chi connectivity index (χ0n) is 11.5. The van der Waals surface area contributed by atoms with E-state index >= 15 is 0 Å². The van der Waals surface area contributed by atoms with Gasteiger partial charge in [-0.3, -0.25) is 0 Å². The number of carbonyl (C=O) groups excluding carboxylic acids is 1. The standard InChI is InChI=1S/C13H26N2O2/c1-5-10(11-8-6-7-9-14-11)15-12(16)17-13(2,3)4/h10-11,14H,5-9H2,1-4H3,(H,15,16). The molecule has 1 aliphatic rings. The van der Waals surface area contributed by atoms with Crippen LogP contribution in [-0.2, 0) is 4.74 Å². The Hall–Kier alpha value is -0.770. The van der Waals surface area contributed by atoms with Gasteiger partial charge >= 0.3 is 6.09 Å². The SMILES string of the molecule is CCC(NC(=O)OC(C)(C)C)C1CCCCN1.